The van der Waals surface area contributed by atoms with Gasteiger partial charge in [-0.25, -0.2) is 8.42 Å². The minimum atomic E-state index is -3.62. The Kier molecular flexibility index (Phi) is 5.76. The van der Waals surface area contributed by atoms with E-state index >= 15 is 0 Å². The molecule has 0 aromatic carbocycles. The molecule has 0 radical (unpaired) electrons. The Labute approximate surface area is 153 Å². The molecular weight excluding hydrogens is 358 g/mol. The molecule has 0 spiro atoms. The Hall–Kier alpha value is -1.75. The Morgan fingerprint density at radius 2 is 2.04 bits per heavy atom. The van der Waals surface area contributed by atoms with E-state index in [0.717, 1.165) is 6.54 Å². The van der Waals surface area contributed by atoms with Crippen molar-refractivity contribution in [2.75, 3.05) is 32.7 Å². The van der Waals surface area contributed by atoms with Gasteiger partial charge >= 0.3 is 0 Å². The Morgan fingerprint density at radius 3 is 2.69 bits per heavy atom. The number of aromatic nitrogens is 3. The first-order valence-electron chi connectivity index (χ1n) is 8.69. The third kappa shape index (κ3) is 4.14. The highest BCUT2D eigenvalue weighted by Gasteiger charge is 2.32. The predicted octanol–water partition coefficient (Wildman–Crippen LogP) is 0.245. The summed E-state index contributed by atoms with van der Waals surface area (Å²) in [5.74, 6) is 0.318. The van der Waals surface area contributed by atoms with Crippen molar-refractivity contribution >= 4 is 10.0 Å². The summed E-state index contributed by atoms with van der Waals surface area (Å²) < 4.78 is 34.1. The van der Waals surface area contributed by atoms with E-state index in [1.54, 1.807) is 24.7 Å². The first-order valence-corrected chi connectivity index (χ1v) is 10.1. The molecule has 1 N–H and O–H groups in total. The van der Waals surface area contributed by atoms with Crippen molar-refractivity contribution in [3.8, 4) is 0 Å². The topological polar surface area (TPSA) is 105 Å². The van der Waals surface area contributed by atoms with Crippen LogP contribution in [0.15, 0.2) is 27.9 Å². The lowest BCUT2D eigenvalue weighted by Gasteiger charge is -2.23. The molecule has 0 unspecified atom stereocenters. The van der Waals surface area contributed by atoms with E-state index in [1.807, 2.05) is 12.3 Å². The number of rotatable bonds is 6. The summed E-state index contributed by atoms with van der Waals surface area (Å²) in [4.78, 5) is 2.27. The number of nitrogens with zero attached hydrogens (tertiary/aromatic N) is 5. The van der Waals surface area contributed by atoms with Gasteiger partial charge < -0.3 is 9.63 Å². The molecule has 3 heterocycles. The summed E-state index contributed by atoms with van der Waals surface area (Å²) in [6.45, 7) is 6.28. The molecular formula is C16H25N5O4S. The van der Waals surface area contributed by atoms with Gasteiger partial charge in [0, 0.05) is 38.6 Å². The average molecular weight is 383 g/mol. The lowest BCUT2D eigenvalue weighted by molar-refractivity contribution is 0.0973. The van der Waals surface area contributed by atoms with Crippen molar-refractivity contribution in [2.24, 2.45) is 0 Å². The lowest BCUT2D eigenvalue weighted by Crippen LogP contribution is -2.39. The van der Waals surface area contributed by atoms with Crippen molar-refractivity contribution in [2.45, 2.75) is 37.8 Å². The number of hydrogen-bond acceptors (Lipinski definition) is 7. The Morgan fingerprint density at radius 1 is 1.23 bits per heavy atom. The van der Waals surface area contributed by atoms with Crippen LogP contribution in [0.3, 0.4) is 0 Å². The molecule has 1 saturated heterocycles. The van der Waals surface area contributed by atoms with Crippen LogP contribution >= 0.6 is 0 Å². The molecule has 0 aliphatic carbocycles. The van der Waals surface area contributed by atoms with E-state index < -0.39 is 16.1 Å². The van der Waals surface area contributed by atoms with Crippen molar-refractivity contribution in [1.82, 2.24) is 24.1 Å². The smallest absolute Gasteiger partial charge is 0.248 e. The van der Waals surface area contributed by atoms with E-state index in [9.17, 15) is 13.5 Å². The fourth-order valence-electron chi connectivity index (χ4n) is 3.32. The molecule has 2 aromatic heterocycles. The van der Waals surface area contributed by atoms with Gasteiger partial charge in [0.05, 0.1) is 12.6 Å². The van der Waals surface area contributed by atoms with Crippen LogP contribution < -0.4 is 0 Å². The molecule has 0 bridgehead atoms. The third-order valence-corrected chi connectivity index (χ3v) is 6.68. The van der Waals surface area contributed by atoms with Crippen LogP contribution in [0.2, 0.25) is 0 Å². The van der Waals surface area contributed by atoms with Gasteiger partial charge in [0.15, 0.2) is 5.76 Å². The second-order valence-electron chi connectivity index (χ2n) is 6.59. The minimum absolute atomic E-state index is 0.171. The fourth-order valence-corrected chi connectivity index (χ4v) is 5.08. The number of aliphatic hydroxyl groups is 1. The monoisotopic (exact) mass is 383 g/mol. The first-order chi connectivity index (χ1) is 12.4. The van der Waals surface area contributed by atoms with Gasteiger partial charge in [0.2, 0.25) is 10.0 Å². The van der Waals surface area contributed by atoms with Gasteiger partial charge in [0.25, 0.3) is 0 Å². The van der Waals surface area contributed by atoms with Crippen LogP contribution in [-0.2, 0) is 16.6 Å². The molecule has 9 nitrogen and oxygen atoms in total. The standard InChI is InChI=1S/C16H25N5O4S/c1-13-16(14(2)25-18-13)26(23,24)21-8-4-6-19(9-10-21)11-15(22)12-20-7-3-5-17-20/h3,5,7,15,22H,4,6,8-12H2,1-2H3/t15-/m0/s1. The van der Waals surface area contributed by atoms with Crippen molar-refractivity contribution in [3.05, 3.63) is 29.9 Å². The van der Waals surface area contributed by atoms with Crippen LogP contribution in [-0.4, -0.2) is 76.5 Å². The maximum Gasteiger partial charge on any atom is 0.248 e. The largest absolute Gasteiger partial charge is 0.390 e. The molecule has 0 saturated carbocycles. The molecule has 2 aromatic rings. The fraction of sp³-hybridized carbons (Fsp3) is 0.625. The van der Waals surface area contributed by atoms with Crippen LogP contribution in [0.5, 0.6) is 0 Å². The zero-order valence-corrected chi connectivity index (χ0v) is 15.9. The van der Waals surface area contributed by atoms with Crippen LogP contribution in [0, 0.1) is 13.8 Å². The van der Waals surface area contributed by atoms with Crippen LogP contribution in [0.25, 0.3) is 0 Å². The molecule has 1 aliphatic heterocycles. The van der Waals surface area contributed by atoms with Gasteiger partial charge in [0.1, 0.15) is 10.6 Å². The first kappa shape index (κ1) is 19.0. The van der Waals surface area contributed by atoms with Crippen molar-refractivity contribution in [3.63, 3.8) is 0 Å². The molecule has 3 rings (SSSR count). The Balaban J connectivity index is 1.61. The highest BCUT2D eigenvalue weighted by molar-refractivity contribution is 7.89. The highest BCUT2D eigenvalue weighted by atomic mass is 32.2. The predicted molar refractivity (Wildman–Crippen MR) is 94.0 cm³/mol. The average Bonchev–Trinajstić information content (AvgIpc) is 3.12. The maximum atomic E-state index is 12.9. The zero-order chi connectivity index (χ0) is 18.7. The van der Waals surface area contributed by atoms with E-state index in [-0.39, 0.29) is 4.90 Å². The zero-order valence-electron chi connectivity index (χ0n) is 15.1. The van der Waals surface area contributed by atoms with Gasteiger partial charge in [-0.2, -0.15) is 9.40 Å². The van der Waals surface area contributed by atoms with Gasteiger partial charge in [-0.15, -0.1) is 0 Å². The second kappa shape index (κ2) is 7.87. The molecule has 1 fully saturated rings. The second-order valence-corrected chi connectivity index (χ2v) is 8.47. The normalized spacial score (nSPS) is 18.7. The van der Waals surface area contributed by atoms with Crippen molar-refractivity contribution < 1.29 is 18.0 Å². The summed E-state index contributed by atoms with van der Waals surface area (Å²) >= 11 is 0. The highest BCUT2D eigenvalue weighted by Crippen LogP contribution is 2.24. The minimum Gasteiger partial charge on any atom is -0.390 e. The quantitative estimate of drug-likeness (QED) is 0.762. The summed E-state index contributed by atoms with van der Waals surface area (Å²) in [5.41, 5.74) is 0.387. The number of aryl methyl sites for hydroxylation is 2. The van der Waals surface area contributed by atoms with Gasteiger partial charge in [-0.1, -0.05) is 5.16 Å². The molecule has 10 heteroatoms. The third-order valence-electron chi connectivity index (χ3n) is 4.54. The molecule has 0 amide bonds. The van der Waals surface area contributed by atoms with Crippen LogP contribution in [0.4, 0.5) is 0 Å². The van der Waals surface area contributed by atoms with Gasteiger partial charge in [-0.3, -0.25) is 9.58 Å². The molecule has 26 heavy (non-hydrogen) atoms. The van der Waals surface area contributed by atoms with E-state index in [4.69, 9.17) is 4.52 Å². The number of sulfonamides is 1. The van der Waals surface area contributed by atoms with Crippen molar-refractivity contribution in [1.29, 1.82) is 0 Å². The van der Waals surface area contributed by atoms with E-state index in [2.05, 4.69) is 15.2 Å². The molecule has 144 valence electrons. The SMILES string of the molecule is Cc1noc(C)c1S(=O)(=O)N1CCCN(C[C@H](O)Cn2cccn2)CC1. The lowest BCUT2D eigenvalue weighted by atomic mass is 10.3. The summed E-state index contributed by atoms with van der Waals surface area (Å²) in [6.07, 6.45) is 3.64. The number of hydrogen-bond donors (Lipinski definition) is 1. The summed E-state index contributed by atoms with van der Waals surface area (Å²) in [7, 11) is -3.62. The van der Waals surface area contributed by atoms with Gasteiger partial charge in [-0.05, 0) is 32.9 Å². The molecule has 1 atom stereocenters. The summed E-state index contributed by atoms with van der Waals surface area (Å²) in [5, 5.41) is 18.1. The summed E-state index contributed by atoms with van der Waals surface area (Å²) in [6, 6.07) is 1.82. The van der Waals surface area contributed by atoms with E-state index in [1.165, 1.54) is 4.31 Å². The number of β-amino-alcohol motifs (C(OH)–C–C–N with tert-alkyl or cyclic N) is 1. The Bertz CT molecular complexity index is 798. The van der Waals surface area contributed by atoms with E-state index in [0.29, 0.717) is 50.6 Å². The van der Waals surface area contributed by atoms with Crippen LogP contribution in [0.1, 0.15) is 17.9 Å². The molecule has 1 aliphatic rings. The maximum absolute atomic E-state index is 12.9. The number of aliphatic hydroxyl groups excluding tert-OH is 1.